The minimum absolute atomic E-state index is 0.145. The van der Waals surface area contributed by atoms with Crippen molar-refractivity contribution in [2.75, 3.05) is 16.8 Å². The maximum absolute atomic E-state index is 13.0. The molecule has 4 aromatic rings. The number of carbonyl (C=O) groups excluding carboxylic acids is 2. The van der Waals surface area contributed by atoms with Crippen LogP contribution in [0.3, 0.4) is 0 Å². The van der Waals surface area contributed by atoms with Crippen molar-refractivity contribution in [3.63, 3.8) is 0 Å². The van der Waals surface area contributed by atoms with Gasteiger partial charge in [0.1, 0.15) is 18.0 Å². The summed E-state index contributed by atoms with van der Waals surface area (Å²) >= 11 is 0. The topological polar surface area (TPSA) is 75.9 Å². The molecular weight excluding hydrogens is 416 g/mol. The number of nitrogens with one attached hydrogen (secondary N) is 1. The van der Waals surface area contributed by atoms with Gasteiger partial charge in [0, 0.05) is 36.7 Å². The van der Waals surface area contributed by atoms with Crippen molar-refractivity contribution in [1.29, 1.82) is 0 Å². The normalized spacial score (nSPS) is 13.5. The Bertz CT molecular complexity index is 1310. The average molecular weight is 441 g/mol. The van der Waals surface area contributed by atoms with E-state index in [1.807, 2.05) is 71.1 Å². The van der Waals surface area contributed by atoms with Crippen LogP contribution < -0.4 is 15.0 Å². The molecule has 1 fully saturated rings. The quantitative estimate of drug-likeness (QED) is 0.475. The summed E-state index contributed by atoms with van der Waals surface area (Å²) in [6, 6.07) is 18.6. The van der Waals surface area contributed by atoms with Gasteiger partial charge in [-0.25, -0.2) is 4.98 Å². The first kappa shape index (κ1) is 20.8. The second-order valence-electron chi connectivity index (χ2n) is 8.09. The maximum Gasteiger partial charge on any atom is 0.259 e. The molecule has 1 N–H and O–H groups in total. The first-order chi connectivity index (χ1) is 16.1. The number of anilines is 2. The highest BCUT2D eigenvalue weighted by molar-refractivity contribution is 6.06. The number of aromatic nitrogens is 2. The van der Waals surface area contributed by atoms with Crippen LogP contribution in [0.5, 0.6) is 5.75 Å². The van der Waals surface area contributed by atoms with Gasteiger partial charge < -0.3 is 19.4 Å². The van der Waals surface area contributed by atoms with Crippen LogP contribution in [-0.2, 0) is 11.4 Å². The summed E-state index contributed by atoms with van der Waals surface area (Å²) < 4.78 is 7.88. The van der Waals surface area contributed by atoms with Gasteiger partial charge in [-0.3, -0.25) is 9.59 Å². The van der Waals surface area contributed by atoms with E-state index in [4.69, 9.17) is 4.74 Å². The van der Waals surface area contributed by atoms with Gasteiger partial charge >= 0.3 is 0 Å². The van der Waals surface area contributed by atoms with Crippen molar-refractivity contribution < 1.29 is 14.3 Å². The summed E-state index contributed by atoms with van der Waals surface area (Å²) in [5, 5.41) is 2.95. The molecule has 2 amide bonds. The Kier molecular flexibility index (Phi) is 5.52. The fraction of sp³-hybridized carbons (Fsp3) is 0.192. The zero-order valence-corrected chi connectivity index (χ0v) is 18.3. The van der Waals surface area contributed by atoms with Crippen molar-refractivity contribution in [1.82, 2.24) is 9.38 Å². The second kappa shape index (κ2) is 8.78. The summed E-state index contributed by atoms with van der Waals surface area (Å²) in [5.74, 6) is 0.375. The van der Waals surface area contributed by atoms with E-state index in [0.29, 0.717) is 23.4 Å². The number of benzene rings is 2. The summed E-state index contributed by atoms with van der Waals surface area (Å²) in [7, 11) is 0. The molecule has 1 aliphatic heterocycles. The summed E-state index contributed by atoms with van der Waals surface area (Å²) in [5.41, 5.74) is 4.57. The molecule has 5 rings (SSSR count). The van der Waals surface area contributed by atoms with Crippen molar-refractivity contribution in [3.05, 3.63) is 89.9 Å². The van der Waals surface area contributed by atoms with Crippen LogP contribution in [0.15, 0.2) is 73.1 Å². The molecule has 2 aromatic heterocycles. The highest BCUT2D eigenvalue weighted by Crippen LogP contribution is 2.28. The summed E-state index contributed by atoms with van der Waals surface area (Å²) in [6.07, 6.45) is 5.31. The predicted octanol–water partition coefficient (Wildman–Crippen LogP) is 4.60. The first-order valence-electron chi connectivity index (χ1n) is 11.0. The number of carbonyl (C=O) groups is 2. The molecule has 2 aromatic carbocycles. The van der Waals surface area contributed by atoms with Crippen LogP contribution >= 0.6 is 0 Å². The number of amides is 2. The van der Waals surface area contributed by atoms with Crippen LogP contribution in [0.1, 0.15) is 34.5 Å². The number of hydrogen-bond donors (Lipinski definition) is 1. The van der Waals surface area contributed by atoms with Crippen LogP contribution in [0.25, 0.3) is 5.65 Å². The minimum atomic E-state index is -0.259. The van der Waals surface area contributed by atoms with E-state index in [9.17, 15) is 9.59 Å². The van der Waals surface area contributed by atoms with Gasteiger partial charge in [0.2, 0.25) is 5.91 Å². The third-order valence-corrected chi connectivity index (χ3v) is 5.74. The van der Waals surface area contributed by atoms with Crippen molar-refractivity contribution in [2.45, 2.75) is 26.4 Å². The smallest absolute Gasteiger partial charge is 0.259 e. The molecule has 1 aliphatic rings. The van der Waals surface area contributed by atoms with E-state index in [1.165, 1.54) is 0 Å². The lowest BCUT2D eigenvalue weighted by Gasteiger charge is -2.19. The second-order valence-corrected chi connectivity index (χ2v) is 8.09. The zero-order valence-electron chi connectivity index (χ0n) is 18.3. The van der Waals surface area contributed by atoms with Crippen LogP contribution in [0.2, 0.25) is 0 Å². The largest absolute Gasteiger partial charge is 0.486 e. The number of para-hydroxylation sites is 1. The molecule has 7 nitrogen and oxygen atoms in total. The first-order valence-corrected chi connectivity index (χ1v) is 11.0. The highest BCUT2D eigenvalue weighted by Gasteiger charge is 2.23. The Morgan fingerprint density at radius 3 is 2.76 bits per heavy atom. The van der Waals surface area contributed by atoms with Crippen molar-refractivity contribution >= 4 is 28.8 Å². The van der Waals surface area contributed by atoms with Gasteiger partial charge in [-0.1, -0.05) is 18.2 Å². The van der Waals surface area contributed by atoms with Gasteiger partial charge in [-0.2, -0.15) is 0 Å². The molecule has 0 bridgehead atoms. The zero-order chi connectivity index (χ0) is 22.8. The van der Waals surface area contributed by atoms with Crippen LogP contribution in [-0.4, -0.2) is 27.7 Å². The lowest BCUT2D eigenvalue weighted by molar-refractivity contribution is -0.117. The van der Waals surface area contributed by atoms with Crippen molar-refractivity contribution in [2.24, 2.45) is 0 Å². The summed E-state index contributed by atoms with van der Waals surface area (Å²) in [6.45, 7) is 2.94. The number of nitrogens with zero attached hydrogens (tertiary/aromatic N) is 3. The monoisotopic (exact) mass is 440 g/mol. The molecule has 0 aliphatic carbocycles. The van der Waals surface area contributed by atoms with E-state index in [1.54, 1.807) is 18.2 Å². The van der Waals surface area contributed by atoms with Crippen LogP contribution in [0.4, 0.5) is 11.4 Å². The number of ether oxygens (including phenoxy) is 1. The molecule has 0 saturated carbocycles. The molecule has 0 atom stereocenters. The molecule has 33 heavy (non-hydrogen) atoms. The van der Waals surface area contributed by atoms with E-state index < -0.39 is 0 Å². The number of fused-ring (bicyclic) bond motifs is 1. The van der Waals surface area contributed by atoms with Gasteiger partial charge in [0.25, 0.3) is 5.91 Å². The molecule has 0 radical (unpaired) electrons. The standard InChI is InChI=1S/C26H24N4O3/c1-18-15-19(11-12-22(18)30-14-6-10-25(30)31)28-26(32)21-7-2-3-8-23(21)33-17-20-16-29-13-5-4-9-24(29)27-20/h2-5,7-9,11-13,15-16H,6,10,14,17H2,1H3,(H,28,32). The minimum Gasteiger partial charge on any atom is -0.486 e. The molecule has 1 saturated heterocycles. The molecule has 7 heteroatoms. The van der Waals surface area contributed by atoms with Gasteiger partial charge in [-0.05, 0) is 61.4 Å². The molecule has 3 heterocycles. The molecule has 166 valence electrons. The fourth-order valence-electron chi connectivity index (χ4n) is 4.13. The van der Waals surface area contributed by atoms with Crippen LogP contribution in [0, 0.1) is 6.92 Å². The molecule has 0 unspecified atom stereocenters. The van der Waals surface area contributed by atoms with E-state index in [-0.39, 0.29) is 18.4 Å². The Balaban J connectivity index is 1.30. The number of imidazole rings is 1. The van der Waals surface area contributed by atoms with Gasteiger partial charge in [0.05, 0.1) is 11.3 Å². The van der Waals surface area contributed by atoms with E-state index in [2.05, 4.69) is 10.3 Å². The SMILES string of the molecule is Cc1cc(NC(=O)c2ccccc2OCc2cn3ccccc3n2)ccc1N1CCCC1=O. The third kappa shape index (κ3) is 4.30. The third-order valence-electron chi connectivity index (χ3n) is 5.74. The number of pyridine rings is 1. The predicted molar refractivity (Wildman–Crippen MR) is 127 cm³/mol. The summed E-state index contributed by atoms with van der Waals surface area (Å²) in [4.78, 5) is 31.4. The Labute approximate surface area is 191 Å². The Hall–Kier alpha value is -4.13. The average Bonchev–Trinajstić information content (AvgIpc) is 3.43. The maximum atomic E-state index is 13.0. The van der Waals surface area contributed by atoms with Gasteiger partial charge in [-0.15, -0.1) is 0 Å². The Morgan fingerprint density at radius 1 is 1.12 bits per heavy atom. The lowest BCUT2D eigenvalue weighted by atomic mass is 10.1. The van der Waals surface area contributed by atoms with Gasteiger partial charge in [0.15, 0.2) is 0 Å². The van der Waals surface area contributed by atoms with E-state index >= 15 is 0 Å². The molecule has 0 spiro atoms. The van der Waals surface area contributed by atoms with E-state index in [0.717, 1.165) is 35.6 Å². The number of hydrogen-bond acceptors (Lipinski definition) is 4. The Morgan fingerprint density at radius 2 is 1.97 bits per heavy atom. The highest BCUT2D eigenvalue weighted by atomic mass is 16.5. The number of aryl methyl sites for hydroxylation is 1. The number of rotatable bonds is 6. The molecular formula is C26H24N4O3. The fourth-order valence-corrected chi connectivity index (χ4v) is 4.13. The lowest BCUT2D eigenvalue weighted by Crippen LogP contribution is -2.24. The van der Waals surface area contributed by atoms with Crippen molar-refractivity contribution in [3.8, 4) is 5.75 Å².